The minimum Gasteiger partial charge on any atom is -0.384 e. The zero-order valence-electron chi connectivity index (χ0n) is 18.6. The van der Waals surface area contributed by atoms with E-state index in [9.17, 15) is 20.2 Å². The van der Waals surface area contributed by atoms with E-state index in [1.54, 1.807) is 40.1 Å². The highest BCUT2D eigenvalue weighted by atomic mass is 32.2. The maximum Gasteiger partial charge on any atom is 0.269 e. The fourth-order valence-electron chi connectivity index (χ4n) is 4.61. The molecule has 2 N–H and O–H groups in total. The fraction of sp³-hybridized carbons (Fsp3) is 0.333. The van der Waals surface area contributed by atoms with E-state index in [2.05, 4.69) is 13.0 Å². The largest absolute Gasteiger partial charge is 0.384 e. The quantitative estimate of drug-likeness (QED) is 0.331. The SMILES string of the molecule is CCSc1sccc1[C@@H]1C(C#N)=C(N)N(c2ccc([N+](=O)[O-])cc2)C2=C1C(=O)CC(C)(C)C2. The van der Waals surface area contributed by atoms with Crippen LogP contribution in [0.25, 0.3) is 0 Å². The van der Waals surface area contributed by atoms with E-state index in [1.165, 1.54) is 12.1 Å². The molecule has 0 fully saturated rings. The van der Waals surface area contributed by atoms with Crippen LogP contribution in [0.3, 0.4) is 0 Å². The molecule has 1 aliphatic heterocycles. The third kappa shape index (κ3) is 4.05. The lowest BCUT2D eigenvalue weighted by molar-refractivity contribution is -0.384. The molecule has 1 aromatic carbocycles. The zero-order chi connectivity index (χ0) is 23.9. The van der Waals surface area contributed by atoms with Gasteiger partial charge in [0.25, 0.3) is 5.69 Å². The van der Waals surface area contributed by atoms with E-state index in [4.69, 9.17) is 5.73 Å². The maximum atomic E-state index is 13.6. The molecule has 2 heterocycles. The van der Waals surface area contributed by atoms with Gasteiger partial charge in [0.2, 0.25) is 0 Å². The van der Waals surface area contributed by atoms with Crippen LogP contribution in [0, 0.1) is 26.9 Å². The number of thioether (sulfide) groups is 1. The molecule has 1 aromatic heterocycles. The summed E-state index contributed by atoms with van der Waals surface area (Å²) in [4.78, 5) is 26.0. The van der Waals surface area contributed by atoms with Crippen molar-refractivity contribution >= 4 is 40.3 Å². The van der Waals surface area contributed by atoms with Gasteiger partial charge in [-0.3, -0.25) is 19.8 Å². The van der Waals surface area contributed by atoms with Gasteiger partial charge in [-0.15, -0.1) is 23.1 Å². The van der Waals surface area contributed by atoms with Crippen LogP contribution < -0.4 is 10.6 Å². The molecule has 0 unspecified atom stereocenters. The molecule has 1 aliphatic carbocycles. The van der Waals surface area contributed by atoms with Crippen LogP contribution in [0.5, 0.6) is 0 Å². The molecule has 2 aromatic rings. The number of non-ortho nitro benzene ring substituents is 1. The van der Waals surface area contributed by atoms with E-state index in [-0.39, 0.29) is 22.7 Å². The summed E-state index contributed by atoms with van der Waals surface area (Å²) in [6.45, 7) is 6.15. The van der Waals surface area contributed by atoms with Crippen molar-refractivity contribution < 1.29 is 9.72 Å². The van der Waals surface area contributed by atoms with Gasteiger partial charge in [0.1, 0.15) is 5.82 Å². The second kappa shape index (κ2) is 8.69. The molecular formula is C24H24N4O3S2. The summed E-state index contributed by atoms with van der Waals surface area (Å²) >= 11 is 3.29. The van der Waals surface area contributed by atoms with Crippen LogP contribution >= 0.6 is 23.1 Å². The van der Waals surface area contributed by atoms with Crippen molar-refractivity contribution in [1.29, 1.82) is 5.26 Å². The molecule has 0 saturated heterocycles. The number of nitrogens with zero attached hydrogens (tertiary/aromatic N) is 3. The number of nitriles is 1. The Balaban J connectivity index is 1.96. The number of hydrogen-bond acceptors (Lipinski definition) is 8. The van der Waals surface area contributed by atoms with Gasteiger partial charge in [-0.05, 0) is 46.7 Å². The highest BCUT2D eigenvalue weighted by Crippen LogP contribution is 2.52. The monoisotopic (exact) mass is 480 g/mol. The number of nitro benzene ring substituents is 1. The summed E-state index contributed by atoms with van der Waals surface area (Å²) in [5.74, 6) is 0.642. The van der Waals surface area contributed by atoms with Crippen LogP contribution in [0.4, 0.5) is 11.4 Å². The molecule has 1 atom stereocenters. The van der Waals surface area contributed by atoms with E-state index < -0.39 is 10.8 Å². The summed E-state index contributed by atoms with van der Waals surface area (Å²) in [5.41, 5.74) is 9.55. The van der Waals surface area contributed by atoms with E-state index in [0.717, 1.165) is 21.2 Å². The van der Waals surface area contributed by atoms with E-state index in [0.29, 0.717) is 29.7 Å². The Bertz CT molecular complexity index is 1240. The van der Waals surface area contributed by atoms with Gasteiger partial charge in [0.05, 0.1) is 26.7 Å². The number of anilines is 1. The van der Waals surface area contributed by atoms with Gasteiger partial charge in [0.15, 0.2) is 5.78 Å². The summed E-state index contributed by atoms with van der Waals surface area (Å²) in [7, 11) is 0. The third-order valence-corrected chi connectivity index (χ3v) is 8.10. The molecule has 9 heteroatoms. The first kappa shape index (κ1) is 23.1. The van der Waals surface area contributed by atoms with E-state index in [1.807, 2.05) is 25.3 Å². The van der Waals surface area contributed by atoms with Crippen molar-refractivity contribution in [2.75, 3.05) is 10.7 Å². The molecule has 170 valence electrons. The van der Waals surface area contributed by atoms with Gasteiger partial charge in [0, 0.05) is 35.5 Å². The van der Waals surface area contributed by atoms with E-state index >= 15 is 0 Å². The first-order valence-electron chi connectivity index (χ1n) is 10.6. The number of ketones is 1. The Labute approximate surface area is 200 Å². The predicted octanol–water partition coefficient (Wildman–Crippen LogP) is 5.71. The number of carbonyl (C=O) groups excluding carboxylic acids is 1. The van der Waals surface area contributed by atoms with Gasteiger partial charge < -0.3 is 5.73 Å². The average molecular weight is 481 g/mol. The first-order valence-corrected chi connectivity index (χ1v) is 12.5. The number of rotatable bonds is 5. The topological polar surface area (TPSA) is 113 Å². The molecular weight excluding hydrogens is 456 g/mol. The first-order chi connectivity index (χ1) is 15.7. The maximum absolute atomic E-state index is 13.6. The summed E-state index contributed by atoms with van der Waals surface area (Å²) < 4.78 is 1.08. The Hall–Kier alpha value is -3.09. The highest BCUT2D eigenvalue weighted by Gasteiger charge is 2.45. The lowest BCUT2D eigenvalue weighted by Gasteiger charge is -2.43. The molecule has 0 amide bonds. The van der Waals surface area contributed by atoms with Crippen molar-refractivity contribution in [2.45, 2.75) is 43.7 Å². The van der Waals surface area contributed by atoms with Crippen molar-refractivity contribution in [2.24, 2.45) is 11.1 Å². The lowest BCUT2D eigenvalue weighted by atomic mass is 9.69. The van der Waals surface area contributed by atoms with Gasteiger partial charge >= 0.3 is 0 Å². The molecule has 7 nitrogen and oxygen atoms in total. The van der Waals surface area contributed by atoms with Crippen molar-refractivity contribution in [3.63, 3.8) is 0 Å². The predicted molar refractivity (Wildman–Crippen MR) is 131 cm³/mol. The highest BCUT2D eigenvalue weighted by molar-refractivity contribution is 8.01. The molecule has 0 saturated carbocycles. The third-order valence-electron chi connectivity index (χ3n) is 5.94. The average Bonchev–Trinajstić information content (AvgIpc) is 3.20. The van der Waals surface area contributed by atoms with Gasteiger partial charge in [-0.25, -0.2) is 0 Å². The Morgan fingerprint density at radius 2 is 2.00 bits per heavy atom. The lowest BCUT2D eigenvalue weighted by Crippen LogP contribution is -2.42. The normalized spacial score (nSPS) is 20.0. The standard InChI is InChI=1S/C24H24N4O3S2/c1-4-32-23-16(9-10-33-23)20-17(13-25)22(26)27(14-5-7-15(8-6-14)28(30)31)18-11-24(2,3)12-19(29)21(18)20/h5-10,20H,4,11-12,26H2,1-3H3/t20-/m1/s1. The Morgan fingerprint density at radius 3 is 2.61 bits per heavy atom. The number of nitrogens with two attached hydrogens (primary N) is 1. The number of thiophene rings is 1. The molecule has 2 aliphatic rings. The van der Waals surface area contributed by atoms with Gasteiger partial charge in [-0.2, -0.15) is 5.26 Å². The van der Waals surface area contributed by atoms with Crippen LogP contribution in [-0.2, 0) is 4.79 Å². The molecule has 0 radical (unpaired) electrons. The summed E-state index contributed by atoms with van der Waals surface area (Å²) in [5, 5.41) is 23.3. The Kier molecular flexibility index (Phi) is 6.08. The summed E-state index contributed by atoms with van der Waals surface area (Å²) in [6, 6.07) is 10.3. The van der Waals surface area contributed by atoms with Crippen molar-refractivity contribution in [3.05, 3.63) is 74.1 Å². The smallest absolute Gasteiger partial charge is 0.269 e. The number of hydrogen-bond donors (Lipinski definition) is 1. The fourth-order valence-corrected chi connectivity index (χ4v) is 6.67. The second-order valence-electron chi connectivity index (χ2n) is 8.85. The number of Topliss-reactive ketones (excluding diaryl/α,β-unsaturated/α-hetero) is 1. The molecule has 0 bridgehead atoms. The van der Waals surface area contributed by atoms with Crippen molar-refractivity contribution in [3.8, 4) is 6.07 Å². The van der Waals surface area contributed by atoms with Gasteiger partial charge in [-0.1, -0.05) is 20.8 Å². The number of allylic oxidation sites excluding steroid dienone is 3. The molecule has 4 rings (SSSR count). The van der Waals surface area contributed by atoms with Crippen LogP contribution in [0.15, 0.2) is 62.6 Å². The van der Waals surface area contributed by atoms with Crippen LogP contribution in [-0.4, -0.2) is 16.5 Å². The number of nitro groups is 1. The molecule has 0 spiro atoms. The molecule has 33 heavy (non-hydrogen) atoms. The number of benzene rings is 1. The van der Waals surface area contributed by atoms with Crippen LogP contribution in [0.2, 0.25) is 0 Å². The van der Waals surface area contributed by atoms with Crippen LogP contribution in [0.1, 0.15) is 45.1 Å². The number of carbonyl (C=O) groups is 1. The minimum atomic E-state index is -0.511. The second-order valence-corrected chi connectivity index (χ2v) is 11.3. The summed E-state index contributed by atoms with van der Waals surface area (Å²) in [6.07, 6.45) is 0.983. The zero-order valence-corrected chi connectivity index (χ0v) is 20.3. The minimum absolute atomic E-state index is 0.0112. The van der Waals surface area contributed by atoms with Crippen molar-refractivity contribution in [1.82, 2.24) is 0 Å². The Morgan fingerprint density at radius 1 is 1.30 bits per heavy atom.